The maximum Gasteiger partial charge on any atom is 0.319 e. The molecule has 6 heteroatoms. The highest BCUT2D eigenvalue weighted by molar-refractivity contribution is 7.86. The van der Waals surface area contributed by atoms with Gasteiger partial charge in [0.1, 0.15) is 5.25 Å². The predicted octanol–water partition coefficient (Wildman–Crippen LogP) is 1.93. The fraction of sp³-hybridized carbons (Fsp3) is 0.500. The largest absolute Gasteiger partial charge is 0.493 e. The molecular formula is C14H20O5S. The number of hydrogen-bond donors (Lipinski definition) is 1. The first-order chi connectivity index (χ1) is 9.47. The van der Waals surface area contributed by atoms with Crippen LogP contribution < -0.4 is 9.47 Å². The Morgan fingerprint density at radius 2 is 1.90 bits per heavy atom. The number of carboxylic acids is 1. The van der Waals surface area contributed by atoms with Crippen molar-refractivity contribution in [2.24, 2.45) is 5.92 Å². The molecule has 2 atom stereocenters. The molecule has 0 aromatic heterocycles. The highest BCUT2D eigenvalue weighted by Gasteiger charge is 2.27. The van der Waals surface area contributed by atoms with E-state index in [1.807, 2.05) is 12.1 Å². The summed E-state index contributed by atoms with van der Waals surface area (Å²) >= 11 is 0. The summed E-state index contributed by atoms with van der Waals surface area (Å²) in [7, 11) is 0.0756. The Balaban J connectivity index is 2.55. The number of rotatable bonds is 8. The maximum atomic E-state index is 12.0. The monoisotopic (exact) mass is 300 g/mol. The maximum absolute atomic E-state index is 12.0. The van der Waals surface area contributed by atoms with E-state index in [1.165, 1.54) is 0 Å². The lowest BCUT2D eigenvalue weighted by Gasteiger charge is -2.16. The summed E-state index contributed by atoms with van der Waals surface area (Å²) in [6, 6.07) is 7.14. The normalized spacial score (nSPS) is 13.8. The second-order valence-corrected chi connectivity index (χ2v) is 6.26. The zero-order valence-corrected chi connectivity index (χ0v) is 12.7. The molecule has 1 rings (SSSR count). The van der Waals surface area contributed by atoms with Crippen molar-refractivity contribution in [2.75, 3.05) is 19.5 Å². The Kier molecular flexibility index (Phi) is 6.51. The summed E-state index contributed by atoms with van der Waals surface area (Å²) in [6.45, 7) is 3.68. The lowest BCUT2D eigenvalue weighted by atomic mass is 10.1. The second-order valence-electron chi connectivity index (χ2n) is 4.59. The third kappa shape index (κ3) is 4.52. The summed E-state index contributed by atoms with van der Waals surface area (Å²) in [4.78, 5) is 11.1. The highest BCUT2D eigenvalue weighted by atomic mass is 32.2. The van der Waals surface area contributed by atoms with Crippen LogP contribution in [0, 0.1) is 5.92 Å². The number of ether oxygens (including phenoxy) is 2. The number of carbonyl (C=O) groups is 1. The van der Waals surface area contributed by atoms with E-state index < -0.39 is 22.0 Å². The van der Waals surface area contributed by atoms with E-state index in [2.05, 4.69) is 0 Å². The van der Waals surface area contributed by atoms with E-state index in [9.17, 15) is 9.00 Å². The predicted molar refractivity (Wildman–Crippen MR) is 77.8 cm³/mol. The van der Waals surface area contributed by atoms with Crippen LogP contribution in [0.15, 0.2) is 24.3 Å². The van der Waals surface area contributed by atoms with E-state index in [0.717, 1.165) is 0 Å². The van der Waals surface area contributed by atoms with Gasteiger partial charge in [-0.15, -0.1) is 0 Å². The van der Waals surface area contributed by atoms with Crippen LogP contribution in [0.2, 0.25) is 0 Å². The van der Waals surface area contributed by atoms with Crippen LogP contribution in [0.25, 0.3) is 0 Å². The van der Waals surface area contributed by atoms with E-state index in [4.69, 9.17) is 14.6 Å². The van der Waals surface area contributed by atoms with Crippen molar-refractivity contribution in [2.45, 2.75) is 19.1 Å². The van der Waals surface area contributed by atoms with Crippen LogP contribution in [0.1, 0.15) is 13.8 Å². The molecule has 1 aromatic rings. The van der Waals surface area contributed by atoms with Crippen molar-refractivity contribution in [1.82, 2.24) is 0 Å². The zero-order chi connectivity index (χ0) is 15.1. The molecule has 0 saturated heterocycles. The summed E-state index contributed by atoms with van der Waals surface area (Å²) in [5, 5.41) is 8.19. The standard InChI is InChI=1S/C14H20O5S/c1-10(2)13(14(15)16)20(17)9-8-19-12-7-5-4-6-11(12)18-3/h4-7,10,13H,8-9H2,1-3H3,(H,15,16). The average molecular weight is 300 g/mol. The van der Waals surface area contributed by atoms with Gasteiger partial charge in [0.2, 0.25) is 0 Å². The van der Waals surface area contributed by atoms with Gasteiger partial charge in [-0.3, -0.25) is 9.00 Å². The minimum absolute atomic E-state index is 0.174. The first-order valence-corrected chi connectivity index (χ1v) is 7.71. The summed E-state index contributed by atoms with van der Waals surface area (Å²) in [6.07, 6.45) is 0. The van der Waals surface area contributed by atoms with E-state index in [0.29, 0.717) is 11.5 Å². The summed E-state index contributed by atoms with van der Waals surface area (Å²) in [5.74, 6) is 0.114. The fourth-order valence-corrected chi connectivity index (χ4v) is 3.13. The quantitative estimate of drug-likeness (QED) is 0.794. The Hall–Kier alpha value is -1.56. The molecule has 1 N–H and O–H groups in total. The Labute approximate surface area is 121 Å². The molecule has 0 aliphatic heterocycles. The lowest BCUT2D eigenvalue weighted by molar-refractivity contribution is -0.137. The smallest absolute Gasteiger partial charge is 0.319 e. The van der Waals surface area contributed by atoms with Crippen LogP contribution in [-0.2, 0) is 15.6 Å². The van der Waals surface area contributed by atoms with Gasteiger partial charge < -0.3 is 14.6 Å². The third-order valence-corrected chi connectivity index (χ3v) is 4.62. The van der Waals surface area contributed by atoms with Gasteiger partial charge in [-0.05, 0) is 18.1 Å². The molecule has 0 fully saturated rings. The Morgan fingerprint density at radius 3 is 2.40 bits per heavy atom. The molecule has 0 heterocycles. The number of aliphatic carboxylic acids is 1. The van der Waals surface area contributed by atoms with Crippen molar-refractivity contribution in [3.63, 3.8) is 0 Å². The molecule has 112 valence electrons. The van der Waals surface area contributed by atoms with Gasteiger partial charge in [0.05, 0.1) is 19.5 Å². The molecule has 0 aliphatic carbocycles. The van der Waals surface area contributed by atoms with E-state index in [1.54, 1.807) is 33.1 Å². The number of benzene rings is 1. The van der Waals surface area contributed by atoms with Gasteiger partial charge in [-0.25, -0.2) is 0 Å². The van der Waals surface area contributed by atoms with Crippen molar-refractivity contribution < 1.29 is 23.6 Å². The van der Waals surface area contributed by atoms with Gasteiger partial charge in [-0.1, -0.05) is 26.0 Å². The minimum Gasteiger partial charge on any atom is -0.493 e. The van der Waals surface area contributed by atoms with Gasteiger partial charge in [0, 0.05) is 10.8 Å². The summed E-state index contributed by atoms with van der Waals surface area (Å²) < 4.78 is 22.6. The lowest BCUT2D eigenvalue weighted by Crippen LogP contribution is -2.33. The summed E-state index contributed by atoms with van der Waals surface area (Å²) in [5.41, 5.74) is 0. The van der Waals surface area contributed by atoms with Crippen molar-refractivity contribution in [1.29, 1.82) is 0 Å². The van der Waals surface area contributed by atoms with Crippen LogP contribution in [0.5, 0.6) is 11.5 Å². The molecule has 0 radical (unpaired) electrons. The molecule has 0 spiro atoms. The molecular weight excluding hydrogens is 280 g/mol. The molecule has 20 heavy (non-hydrogen) atoms. The topological polar surface area (TPSA) is 72.8 Å². The molecule has 0 amide bonds. The van der Waals surface area contributed by atoms with Crippen LogP contribution in [-0.4, -0.2) is 40.0 Å². The number of carboxylic acid groups (broad SMARTS) is 1. The molecule has 2 unspecified atom stereocenters. The van der Waals surface area contributed by atoms with Crippen molar-refractivity contribution in [3.05, 3.63) is 24.3 Å². The van der Waals surface area contributed by atoms with E-state index in [-0.39, 0.29) is 18.3 Å². The molecule has 1 aromatic carbocycles. The first kappa shape index (κ1) is 16.5. The average Bonchev–Trinajstić information content (AvgIpc) is 2.38. The minimum atomic E-state index is -1.47. The fourth-order valence-electron chi connectivity index (χ4n) is 1.80. The van der Waals surface area contributed by atoms with Crippen LogP contribution >= 0.6 is 0 Å². The van der Waals surface area contributed by atoms with Crippen molar-refractivity contribution >= 4 is 16.8 Å². The van der Waals surface area contributed by atoms with Gasteiger partial charge >= 0.3 is 5.97 Å². The van der Waals surface area contributed by atoms with Gasteiger partial charge in [-0.2, -0.15) is 0 Å². The van der Waals surface area contributed by atoms with Crippen LogP contribution in [0.4, 0.5) is 0 Å². The van der Waals surface area contributed by atoms with Crippen LogP contribution in [0.3, 0.4) is 0 Å². The molecule has 0 aliphatic rings. The highest BCUT2D eigenvalue weighted by Crippen LogP contribution is 2.25. The Morgan fingerprint density at radius 1 is 1.30 bits per heavy atom. The molecule has 0 saturated carbocycles. The van der Waals surface area contributed by atoms with E-state index >= 15 is 0 Å². The number of methoxy groups -OCH3 is 1. The van der Waals surface area contributed by atoms with Gasteiger partial charge in [0.15, 0.2) is 11.5 Å². The second kappa shape index (κ2) is 7.89. The molecule has 0 bridgehead atoms. The molecule has 5 nitrogen and oxygen atoms in total. The number of para-hydroxylation sites is 2. The zero-order valence-electron chi connectivity index (χ0n) is 11.9. The van der Waals surface area contributed by atoms with Crippen molar-refractivity contribution in [3.8, 4) is 11.5 Å². The SMILES string of the molecule is COc1ccccc1OCCS(=O)C(C(=O)O)C(C)C. The first-order valence-electron chi connectivity index (χ1n) is 6.33. The third-order valence-electron chi connectivity index (χ3n) is 2.74. The Bertz CT molecular complexity index is 472. The van der Waals surface area contributed by atoms with Gasteiger partial charge in [0.25, 0.3) is 0 Å². The number of hydrogen-bond acceptors (Lipinski definition) is 4.